The number of amides is 3. The van der Waals surface area contributed by atoms with Crippen LogP contribution in [-0.4, -0.2) is 24.3 Å². The molecule has 0 aliphatic rings. The molecule has 0 unspecified atom stereocenters. The van der Waals surface area contributed by atoms with Gasteiger partial charge in [0.15, 0.2) is 0 Å². The maximum atomic E-state index is 12.0. The predicted octanol–water partition coefficient (Wildman–Crippen LogP) is 1.53. The van der Waals surface area contributed by atoms with Crippen molar-refractivity contribution in [3.05, 3.63) is 65.2 Å². The first-order valence-electron chi connectivity index (χ1n) is 7.50. The van der Waals surface area contributed by atoms with Crippen LogP contribution >= 0.6 is 0 Å². The quantitative estimate of drug-likeness (QED) is 0.738. The Morgan fingerprint density at radius 2 is 1.56 bits per heavy atom. The Kier molecular flexibility index (Phi) is 5.91. The standard InChI is InChI=1S/C19H17N3O3/c1-13(23)22-17-10-8-16(9-11-17)19(25)21-12-2-3-14-4-6-15(7-5-14)18(20)24/h4-11H,12H2,1H3,(H2,20,24)(H,21,25)(H,22,23). The zero-order valence-electron chi connectivity index (χ0n) is 13.6. The molecular weight excluding hydrogens is 318 g/mol. The van der Waals surface area contributed by atoms with Gasteiger partial charge in [0.05, 0.1) is 6.54 Å². The number of rotatable bonds is 4. The maximum absolute atomic E-state index is 12.0. The molecule has 0 aliphatic heterocycles. The minimum Gasteiger partial charge on any atom is -0.366 e. The average Bonchev–Trinajstić information content (AvgIpc) is 2.59. The van der Waals surface area contributed by atoms with Crippen molar-refractivity contribution in [3.63, 3.8) is 0 Å². The molecule has 2 aromatic rings. The molecule has 0 spiro atoms. The number of carbonyl (C=O) groups excluding carboxylic acids is 3. The van der Waals surface area contributed by atoms with E-state index in [0.717, 1.165) is 5.56 Å². The topological polar surface area (TPSA) is 101 Å². The van der Waals surface area contributed by atoms with Crippen LogP contribution in [0.15, 0.2) is 48.5 Å². The SMILES string of the molecule is CC(=O)Nc1ccc(C(=O)NCC#Cc2ccc(C(N)=O)cc2)cc1. The fourth-order valence-electron chi connectivity index (χ4n) is 2.00. The zero-order chi connectivity index (χ0) is 18.2. The number of nitrogens with two attached hydrogens (primary N) is 1. The Morgan fingerprint density at radius 1 is 0.960 bits per heavy atom. The summed E-state index contributed by atoms with van der Waals surface area (Å²) in [6.45, 7) is 1.60. The van der Waals surface area contributed by atoms with Crippen molar-refractivity contribution in [2.24, 2.45) is 5.73 Å². The highest BCUT2D eigenvalue weighted by molar-refractivity contribution is 5.95. The van der Waals surface area contributed by atoms with Gasteiger partial charge in [-0.15, -0.1) is 0 Å². The van der Waals surface area contributed by atoms with Crippen LogP contribution in [0, 0.1) is 11.8 Å². The van der Waals surface area contributed by atoms with Gasteiger partial charge in [-0.05, 0) is 48.5 Å². The predicted molar refractivity (Wildman–Crippen MR) is 94.9 cm³/mol. The van der Waals surface area contributed by atoms with E-state index in [1.165, 1.54) is 6.92 Å². The van der Waals surface area contributed by atoms with Crippen molar-refractivity contribution >= 4 is 23.4 Å². The fraction of sp³-hybridized carbons (Fsp3) is 0.105. The van der Waals surface area contributed by atoms with Crippen LogP contribution in [0.3, 0.4) is 0 Å². The summed E-state index contributed by atoms with van der Waals surface area (Å²) in [7, 11) is 0. The summed E-state index contributed by atoms with van der Waals surface area (Å²) in [6, 6.07) is 13.1. The molecule has 0 saturated carbocycles. The minimum absolute atomic E-state index is 0.170. The van der Waals surface area contributed by atoms with E-state index in [1.54, 1.807) is 48.5 Å². The van der Waals surface area contributed by atoms with Gasteiger partial charge in [-0.2, -0.15) is 0 Å². The lowest BCUT2D eigenvalue weighted by Gasteiger charge is -2.04. The Labute approximate surface area is 145 Å². The number of nitrogens with one attached hydrogen (secondary N) is 2. The number of hydrogen-bond acceptors (Lipinski definition) is 3. The average molecular weight is 335 g/mol. The van der Waals surface area contributed by atoms with Crippen LogP contribution in [-0.2, 0) is 4.79 Å². The number of benzene rings is 2. The second-order valence-electron chi connectivity index (χ2n) is 5.18. The van der Waals surface area contributed by atoms with Gasteiger partial charge in [-0.25, -0.2) is 0 Å². The van der Waals surface area contributed by atoms with Gasteiger partial charge in [-0.1, -0.05) is 11.8 Å². The molecule has 0 heterocycles. The normalized spacial score (nSPS) is 9.48. The van der Waals surface area contributed by atoms with E-state index >= 15 is 0 Å². The Morgan fingerprint density at radius 3 is 2.12 bits per heavy atom. The third-order valence-electron chi connectivity index (χ3n) is 3.21. The third-order valence-corrected chi connectivity index (χ3v) is 3.21. The molecule has 0 radical (unpaired) electrons. The number of primary amides is 1. The maximum Gasteiger partial charge on any atom is 0.252 e. The summed E-state index contributed by atoms with van der Waals surface area (Å²) < 4.78 is 0. The van der Waals surface area contributed by atoms with E-state index in [-0.39, 0.29) is 18.4 Å². The van der Waals surface area contributed by atoms with Gasteiger partial charge in [0.1, 0.15) is 0 Å². The molecule has 0 aliphatic carbocycles. The molecule has 4 N–H and O–H groups in total. The first-order valence-corrected chi connectivity index (χ1v) is 7.50. The summed E-state index contributed by atoms with van der Waals surface area (Å²) in [5, 5.41) is 5.32. The molecule has 6 heteroatoms. The Hall–Kier alpha value is -3.59. The van der Waals surface area contributed by atoms with Crippen molar-refractivity contribution in [1.29, 1.82) is 0 Å². The van der Waals surface area contributed by atoms with E-state index in [9.17, 15) is 14.4 Å². The fourth-order valence-corrected chi connectivity index (χ4v) is 2.00. The lowest BCUT2D eigenvalue weighted by atomic mass is 10.1. The summed E-state index contributed by atoms with van der Waals surface area (Å²) >= 11 is 0. The van der Waals surface area contributed by atoms with E-state index in [4.69, 9.17) is 5.73 Å². The molecule has 0 bridgehead atoms. The van der Waals surface area contributed by atoms with Crippen LogP contribution in [0.1, 0.15) is 33.2 Å². The van der Waals surface area contributed by atoms with Crippen LogP contribution in [0.4, 0.5) is 5.69 Å². The first kappa shape index (κ1) is 17.8. The van der Waals surface area contributed by atoms with E-state index in [0.29, 0.717) is 16.8 Å². The second kappa shape index (κ2) is 8.31. The Balaban J connectivity index is 1.88. The van der Waals surface area contributed by atoms with Gasteiger partial charge >= 0.3 is 0 Å². The van der Waals surface area contributed by atoms with Crippen molar-refractivity contribution in [2.45, 2.75) is 6.92 Å². The summed E-state index contributed by atoms with van der Waals surface area (Å²) in [5.74, 6) is 4.80. The summed E-state index contributed by atoms with van der Waals surface area (Å²) in [6.07, 6.45) is 0. The monoisotopic (exact) mass is 335 g/mol. The molecule has 6 nitrogen and oxygen atoms in total. The van der Waals surface area contributed by atoms with Crippen LogP contribution in [0.2, 0.25) is 0 Å². The highest BCUT2D eigenvalue weighted by atomic mass is 16.2. The van der Waals surface area contributed by atoms with Crippen molar-refractivity contribution < 1.29 is 14.4 Å². The molecular formula is C19H17N3O3. The van der Waals surface area contributed by atoms with Crippen molar-refractivity contribution in [3.8, 4) is 11.8 Å². The molecule has 3 amide bonds. The summed E-state index contributed by atoms with van der Waals surface area (Å²) in [4.78, 5) is 33.9. The smallest absolute Gasteiger partial charge is 0.252 e. The molecule has 0 atom stereocenters. The Bertz CT molecular complexity index is 844. The summed E-state index contributed by atoms with van der Waals surface area (Å²) in [5.41, 5.74) is 7.41. The lowest BCUT2D eigenvalue weighted by molar-refractivity contribution is -0.114. The molecule has 126 valence electrons. The van der Waals surface area contributed by atoms with E-state index < -0.39 is 5.91 Å². The van der Waals surface area contributed by atoms with Gasteiger partial charge in [0.2, 0.25) is 11.8 Å². The first-order chi connectivity index (χ1) is 12.0. The minimum atomic E-state index is -0.490. The largest absolute Gasteiger partial charge is 0.366 e. The van der Waals surface area contributed by atoms with Crippen LogP contribution in [0.25, 0.3) is 0 Å². The number of carbonyl (C=O) groups is 3. The lowest BCUT2D eigenvalue weighted by Crippen LogP contribution is -2.23. The zero-order valence-corrected chi connectivity index (χ0v) is 13.6. The molecule has 0 aromatic heterocycles. The van der Waals surface area contributed by atoms with Gasteiger partial charge in [-0.3, -0.25) is 14.4 Å². The van der Waals surface area contributed by atoms with E-state index in [1.807, 2.05) is 0 Å². The second-order valence-corrected chi connectivity index (χ2v) is 5.18. The molecule has 2 aromatic carbocycles. The van der Waals surface area contributed by atoms with Gasteiger partial charge < -0.3 is 16.4 Å². The molecule has 0 fully saturated rings. The molecule has 2 rings (SSSR count). The van der Waals surface area contributed by atoms with Crippen molar-refractivity contribution in [2.75, 3.05) is 11.9 Å². The van der Waals surface area contributed by atoms with Crippen LogP contribution < -0.4 is 16.4 Å². The van der Waals surface area contributed by atoms with Crippen LogP contribution in [0.5, 0.6) is 0 Å². The molecule has 25 heavy (non-hydrogen) atoms. The van der Waals surface area contributed by atoms with E-state index in [2.05, 4.69) is 22.5 Å². The molecule has 0 saturated heterocycles. The highest BCUT2D eigenvalue weighted by Crippen LogP contribution is 2.09. The van der Waals surface area contributed by atoms with Gasteiger partial charge in [0.25, 0.3) is 5.91 Å². The third kappa shape index (κ3) is 5.52. The number of anilines is 1. The van der Waals surface area contributed by atoms with Gasteiger partial charge in [0, 0.05) is 29.3 Å². The highest BCUT2D eigenvalue weighted by Gasteiger charge is 2.04. The number of hydrogen-bond donors (Lipinski definition) is 3. The van der Waals surface area contributed by atoms with Crippen molar-refractivity contribution in [1.82, 2.24) is 5.32 Å².